The van der Waals surface area contributed by atoms with Crippen LogP contribution in [0.15, 0.2) is 22.7 Å². The van der Waals surface area contributed by atoms with Crippen LogP contribution in [-0.2, 0) is 10.9 Å². The first kappa shape index (κ1) is 12.0. The van der Waals surface area contributed by atoms with Crippen molar-refractivity contribution in [2.24, 2.45) is 0 Å². The Labute approximate surface area is 92.2 Å². The molecule has 1 aromatic rings. The van der Waals surface area contributed by atoms with Gasteiger partial charge in [0.15, 0.2) is 0 Å². The molecular weight excluding hydrogens is 277 g/mol. The average Bonchev–Trinajstić information content (AvgIpc) is 2.15. The van der Waals surface area contributed by atoms with E-state index in [1.165, 1.54) is 6.07 Å². The predicted molar refractivity (Wildman–Crippen MR) is 50.5 cm³/mol. The van der Waals surface area contributed by atoms with E-state index >= 15 is 0 Å². The van der Waals surface area contributed by atoms with E-state index in [2.05, 4.69) is 20.7 Å². The number of carbonyl (C=O) groups is 1. The maximum Gasteiger partial charge on any atom is 0.417 e. The molecule has 82 valence electrons. The number of methoxy groups -OCH3 is 1. The van der Waals surface area contributed by atoms with Gasteiger partial charge in [0.25, 0.3) is 0 Å². The van der Waals surface area contributed by atoms with Crippen molar-refractivity contribution in [3.8, 4) is 0 Å². The molecular formula is C9H6BrF3O2. The maximum absolute atomic E-state index is 12.4. The first-order valence-corrected chi connectivity index (χ1v) is 4.61. The molecule has 0 fully saturated rings. The van der Waals surface area contributed by atoms with E-state index in [-0.39, 0.29) is 10.0 Å². The zero-order chi connectivity index (χ0) is 11.6. The number of halogens is 4. The van der Waals surface area contributed by atoms with Crippen molar-refractivity contribution in [2.45, 2.75) is 6.18 Å². The fourth-order valence-corrected chi connectivity index (χ4v) is 1.67. The SMILES string of the molecule is COC(=O)c1cccc(C(F)(F)F)c1Br. The summed E-state index contributed by atoms with van der Waals surface area (Å²) in [6.07, 6.45) is -4.50. The van der Waals surface area contributed by atoms with Crippen molar-refractivity contribution in [3.63, 3.8) is 0 Å². The van der Waals surface area contributed by atoms with Crippen LogP contribution in [0.2, 0.25) is 0 Å². The van der Waals surface area contributed by atoms with E-state index in [0.717, 1.165) is 19.2 Å². The van der Waals surface area contributed by atoms with Crippen molar-refractivity contribution in [2.75, 3.05) is 7.11 Å². The summed E-state index contributed by atoms with van der Waals surface area (Å²) >= 11 is 2.74. The van der Waals surface area contributed by atoms with Gasteiger partial charge in [-0.1, -0.05) is 6.07 Å². The highest BCUT2D eigenvalue weighted by molar-refractivity contribution is 9.10. The first-order valence-electron chi connectivity index (χ1n) is 3.82. The molecule has 0 aliphatic heterocycles. The van der Waals surface area contributed by atoms with E-state index < -0.39 is 17.7 Å². The summed E-state index contributed by atoms with van der Waals surface area (Å²) in [5, 5.41) is 0. The molecule has 2 nitrogen and oxygen atoms in total. The normalized spacial score (nSPS) is 11.3. The molecule has 0 N–H and O–H groups in total. The number of carbonyl (C=O) groups excluding carboxylic acids is 1. The average molecular weight is 283 g/mol. The molecule has 0 spiro atoms. The number of hydrogen-bond donors (Lipinski definition) is 0. The monoisotopic (exact) mass is 282 g/mol. The van der Waals surface area contributed by atoms with Gasteiger partial charge >= 0.3 is 12.1 Å². The lowest BCUT2D eigenvalue weighted by Crippen LogP contribution is -2.10. The highest BCUT2D eigenvalue weighted by Gasteiger charge is 2.34. The lowest BCUT2D eigenvalue weighted by Gasteiger charge is -2.11. The minimum atomic E-state index is -4.50. The third-order valence-corrected chi connectivity index (χ3v) is 2.56. The largest absolute Gasteiger partial charge is 0.465 e. The standard InChI is InChI=1S/C9H6BrF3O2/c1-15-8(14)5-3-2-4-6(7(5)10)9(11,12)13/h2-4H,1H3. The molecule has 0 atom stereocenters. The Balaban J connectivity index is 3.30. The highest BCUT2D eigenvalue weighted by atomic mass is 79.9. The van der Waals surface area contributed by atoms with Crippen LogP contribution in [0.25, 0.3) is 0 Å². The molecule has 15 heavy (non-hydrogen) atoms. The second kappa shape index (κ2) is 4.22. The Morgan fingerprint density at radius 1 is 1.40 bits per heavy atom. The van der Waals surface area contributed by atoms with Crippen molar-refractivity contribution < 1.29 is 22.7 Å². The number of hydrogen-bond acceptors (Lipinski definition) is 2. The van der Waals surface area contributed by atoms with Gasteiger partial charge in [-0.3, -0.25) is 0 Å². The van der Waals surface area contributed by atoms with Gasteiger partial charge in [-0.05, 0) is 28.1 Å². The van der Waals surface area contributed by atoms with E-state index in [1.54, 1.807) is 0 Å². The lowest BCUT2D eigenvalue weighted by molar-refractivity contribution is -0.138. The van der Waals surface area contributed by atoms with E-state index in [1.807, 2.05) is 0 Å². The number of esters is 1. The summed E-state index contributed by atoms with van der Waals surface area (Å²) in [4.78, 5) is 11.1. The van der Waals surface area contributed by atoms with Gasteiger partial charge in [-0.15, -0.1) is 0 Å². The molecule has 0 aromatic heterocycles. The van der Waals surface area contributed by atoms with Crippen LogP contribution in [0.4, 0.5) is 13.2 Å². The smallest absolute Gasteiger partial charge is 0.417 e. The molecule has 0 saturated carbocycles. The fourth-order valence-electron chi connectivity index (χ4n) is 1.02. The molecule has 0 bridgehead atoms. The number of ether oxygens (including phenoxy) is 1. The number of rotatable bonds is 1. The molecule has 0 aliphatic rings. The lowest BCUT2D eigenvalue weighted by atomic mass is 10.1. The van der Waals surface area contributed by atoms with Crippen LogP contribution in [0.1, 0.15) is 15.9 Å². The van der Waals surface area contributed by atoms with Crippen LogP contribution >= 0.6 is 15.9 Å². The second-order valence-corrected chi connectivity index (χ2v) is 3.45. The van der Waals surface area contributed by atoms with Gasteiger partial charge in [0.1, 0.15) is 0 Å². The zero-order valence-corrected chi connectivity index (χ0v) is 9.15. The van der Waals surface area contributed by atoms with Gasteiger partial charge in [-0.25, -0.2) is 4.79 Å². The minimum Gasteiger partial charge on any atom is -0.465 e. The van der Waals surface area contributed by atoms with E-state index in [0.29, 0.717) is 0 Å². The summed E-state index contributed by atoms with van der Waals surface area (Å²) < 4.78 is 41.3. The molecule has 1 rings (SSSR count). The Bertz CT molecular complexity index is 387. The first-order chi connectivity index (χ1) is 6.88. The topological polar surface area (TPSA) is 26.3 Å². The summed E-state index contributed by atoms with van der Waals surface area (Å²) in [6, 6.07) is 3.29. The summed E-state index contributed by atoms with van der Waals surface area (Å²) in [5.74, 6) is -0.812. The number of alkyl halides is 3. The van der Waals surface area contributed by atoms with E-state index in [9.17, 15) is 18.0 Å². The van der Waals surface area contributed by atoms with Crippen molar-refractivity contribution >= 4 is 21.9 Å². The maximum atomic E-state index is 12.4. The highest BCUT2D eigenvalue weighted by Crippen LogP contribution is 2.36. The summed E-state index contributed by atoms with van der Waals surface area (Å²) in [7, 11) is 1.11. The van der Waals surface area contributed by atoms with Crippen LogP contribution in [0.5, 0.6) is 0 Å². The van der Waals surface area contributed by atoms with Crippen LogP contribution < -0.4 is 0 Å². The van der Waals surface area contributed by atoms with Gasteiger partial charge in [0.2, 0.25) is 0 Å². The third-order valence-electron chi connectivity index (χ3n) is 1.71. The quantitative estimate of drug-likeness (QED) is 0.739. The van der Waals surface area contributed by atoms with Gasteiger partial charge < -0.3 is 4.74 Å². The predicted octanol–water partition coefficient (Wildman–Crippen LogP) is 3.25. The van der Waals surface area contributed by atoms with Crippen molar-refractivity contribution in [1.29, 1.82) is 0 Å². The molecule has 0 radical (unpaired) electrons. The minimum absolute atomic E-state index is 0.146. The van der Waals surface area contributed by atoms with Crippen LogP contribution in [0.3, 0.4) is 0 Å². The third kappa shape index (κ3) is 2.50. The van der Waals surface area contributed by atoms with Gasteiger partial charge in [-0.2, -0.15) is 13.2 Å². The van der Waals surface area contributed by atoms with Crippen LogP contribution in [0, 0.1) is 0 Å². The Morgan fingerprint density at radius 2 is 2.00 bits per heavy atom. The van der Waals surface area contributed by atoms with Gasteiger partial charge in [0.05, 0.1) is 18.2 Å². The summed E-state index contributed by atoms with van der Waals surface area (Å²) in [5.41, 5.74) is -1.04. The molecule has 6 heteroatoms. The molecule has 0 amide bonds. The molecule has 0 aliphatic carbocycles. The van der Waals surface area contributed by atoms with Crippen LogP contribution in [-0.4, -0.2) is 13.1 Å². The molecule has 1 aromatic carbocycles. The second-order valence-electron chi connectivity index (χ2n) is 2.66. The Kier molecular flexibility index (Phi) is 3.38. The van der Waals surface area contributed by atoms with Gasteiger partial charge in [0, 0.05) is 4.47 Å². The Morgan fingerprint density at radius 3 is 2.47 bits per heavy atom. The molecule has 0 unspecified atom stereocenters. The number of benzene rings is 1. The summed E-state index contributed by atoms with van der Waals surface area (Å²) in [6.45, 7) is 0. The molecule has 0 saturated heterocycles. The fraction of sp³-hybridized carbons (Fsp3) is 0.222. The molecule has 0 heterocycles. The van der Waals surface area contributed by atoms with Crippen molar-refractivity contribution in [1.82, 2.24) is 0 Å². The Hall–Kier alpha value is -1.04. The van der Waals surface area contributed by atoms with Crippen molar-refractivity contribution in [3.05, 3.63) is 33.8 Å². The zero-order valence-electron chi connectivity index (χ0n) is 7.56. The van der Waals surface area contributed by atoms with E-state index in [4.69, 9.17) is 0 Å².